The number of nitrogens with zero attached hydrogens (tertiary/aromatic N) is 1. The molecule has 252 valence electrons. The number of fused-ring (bicyclic) bond motifs is 1. The van der Waals surface area contributed by atoms with Gasteiger partial charge in [-0.1, -0.05) is 63.6 Å². The van der Waals surface area contributed by atoms with Gasteiger partial charge in [0.25, 0.3) is 5.91 Å². The molecule has 0 bridgehead atoms. The maximum absolute atomic E-state index is 14.1. The number of aromatic nitrogens is 2. The average molecular weight is 681 g/mol. The molecular formula is C36H45ClN4O5S. The number of esters is 1. The third-order valence-electron chi connectivity index (χ3n) is 9.05. The van der Waals surface area contributed by atoms with Crippen molar-refractivity contribution in [3.05, 3.63) is 56.5 Å². The van der Waals surface area contributed by atoms with E-state index in [4.69, 9.17) is 36.5 Å². The lowest BCUT2D eigenvalue weighted by Gasteiger charge is -2.21. The van der Waals surface area contributed by atoms with E-state index in [9.17, 15) is 9.59 Å². The highest BCUT2D eigenvalue weighted by Gasteiger charge is 2.26. The molecular weight excluding hydrogens is 636 g/mol. The largest absolute Gasteiger partial charge is 0.496 e. The summed E-state index contributed by atoms with van der Waals surface area (Å²) in [5, 5.41) is 4.89. The van der Waals surface area contributed by atoms with Gasteiger partial charge in [-0.15, -0.1) is 11.3 Å². The van der Waals surface area contributed by atoms with Crippen LogP contribution in [0.2, 0.25) is 5.02 Å². The molecule has 1 fully saturated rings. The second-order valence-electron chi connectivity index (χ2n) is 12.2. The molecule has 0 radical (unpaired) electrons. The number of rotatable bonds is 13. The van der Waals surface area contributed by atoms with Gasteiger partial charge in [-0.3, -0.25) is 20.6 Å². The summed E-state index contributed by atoms with van der Waals surface area (Å²) >= 11 is 7.92. The lowest BCUT2D eigenvalue weighted by Crippen LogP contribution is -2.29. The number of nitrogens with one attached hydrogen (secondary N) is 2. The molecule has 4 N–H and O–H groups in total. The number of hydrogen-bond donors (Lipinski definition) is 3. The van der Waals surface area contributed by atoms with Crippen molar-refractivity contribution in [2.24, 2.45) is 11.7 Å². The number of aryl methyl sites for hydroxylation is 3. The molecule has 0 spiro atoms. The van der Waals surface area contributed by atoms with Crippen molar-refractivity contribution in [2.45, 2.75) is 91.2 Å². The molecule has 47 heavy (non-hydrogen) atoms. The number of halogens is 1. The zero-order valence-electron chi connectivity index (χ0n) is 27.9. The van der Waals surface area contributed by atoms with Crippen LogP contribution in [-0.2, 0) is 35.2 Å². The molecule has 1 saturated carbocycles. The Bertz CT molecular complexity index is 1740. The number of H-pyrrole nitrogens is 1. The van der Waals surface area contributed by atoms with Crippen molar-refractivity contribution in [1.82, 2.24) is 9.97 Å². The minimum atomic E-state index is -0.904. The number of hydrogen-bond acceptors (Lipinski definition) is 8. The van der Waals surface area contributed by atoms with Gasteiger partial charge in [-0.2, -0.15) is 0 Å². The number of benzene rings is 2. The van der Waals surface area contributed by atoms with Crippen LogP contribution in [0.5, 0.6) is 11.5 Å². The first-order valence-electron chi connectivity index (χ1n) is 16.5. The first kappa shape index (κ1) is 34.7. The summed E-state index contributed by atoms with van der Waals surface area (Å²) in [4.78, 5) is 35.2. The lowest BCUT2D eigenvalue weighted by atomic mass is 9.86. The van der Waals surface area contributed by atoms with Crippen LogP contribution in [0.15, 0.2) is 24.3 Å². The number of nitrogens with two attached hydrogens (primary N) is 1. The van der Waals surface area contributed by atoms with Crippen LogP contribution < -0.4 is 20.5 Å². The Morgan fingerprint density at radius 3 is 2.49 bits per heavy atom. The molecule has 1 aliphatic rings. The number of methoxy groups -OCH3 is 2. The summed E-state index contributed by atoms with van der Waals surface area (Å²) in [6, 6.07) is 7.82. The number of carbonyl (C=O) groups is 2. The highest BCUT2D eigenvalue weighted by atomic mass is 35.5. The van der Waals surface area contributed by atoms with Gasteiger partial charge >= 0.3 is 5.97 Å². The Morgan fingerprint density at radius 2 is 1.83 bits per heavy atom. The Morgan fingerprint density at radius 1 is 1.09 bits per heavy atom. The number of aromatic amines is 1. The van der Waals surface area contributed by atoms with Crippen molar-refractivity contribution in [1.29, 1.82) is 0 Å². The van der Waals surface area contributed by atoms with E-state index >= 15 is 0 Å². The minimum absolute atomic E-state index is 0.177. The van der Waals surface area contributed by atoms with Gasteiger partial charge in [-0.25, -0.2) is 4.98 Å². The van der Waals surface area contributed by atoms with Gasteiger partial charge < -0.3 is 19.2 Å². The fraction of sp³-hybridized carbons (Fsp3) is 0.472. The Kier molecular flexibility index (Phi) is 11.5. The van der Waals surface area contributed by atoms with E-state index in [1.54, 1.807) is 20.3 Å². The quantitative estimate of drug-likeness (QED) is 0.0958. The monoisotopic (exact) mass is 680 g/mol. The molecule has 2 heterocycles. The van der Waals surface area contributed by atoms with Gasteiger partial charge in [0.05, 0.1) is 24.9 Å². The molecule has 2 aromatic carbocycles. The summed E-state index contributed by atoms with van der Waals surface area (Å²) in [5.41, 5.74) is 11.9. The second-order valence-corrected chi connectivity index (χ2v) is 13.7. The van der Waals surface area contributed by atoms with Crippen LogP contribution in [0.4, 0.5) is 5.13 Å². The van der Waals surface area contributed by atoms with Crippen molar-refractivity contribution >= 4 is 50.8 Å². The summed E-state index contributed by atoms with van der Waals surface area (Å²) in [5.74, 6) is 0.955. The fourth-order valence-corrected chi connectivity index (χ4v) is 7.85. The van der Waals surface area contributed by atoms with Crippen LogP contribution in [0.3, 0.4) is 0 Å². The summed E-state index contributed by atoms with van der Waals surface area (Å²) in [6.07, 6.45) is 9.13. The van der Waals surface area contributed by atoms with E-state index in [1.807, 2.05) is 6.07 Å². The van der Waals surface area contributed by atoms with Crippen molar-refractivity contribution < 1.29 is 23.8 Å². The molecule has 1 atom stereocenters. The zero-order chi connectivity index (χ0) is 33.7. The third kappa shape index (κ3) is 7.93. The van der Waals surface area contributed by atoms with Gasteiger partial charge in [0.15, 0.2) is 11.4 Å². The first-order valence-corrected chi connectivity index (χ1v) is 17.7. The van der Waals surface area contributed by atoms with E-state index in [2.05, 4.69) is 36.3 Å². The SMILES string of the molecule is CCc1cc(CC)c2[nH]c(C(=O)Nc3nc(-c4cc(OC)c(Cl)cc4OC)c(CCC4CCCCC4)s3)c(CC(N)OC(C)=O)c2c1. The number of ether oxygens (including phenoxy) is 3. The van der Waals surface area contributed by atoms with Crippen LogP contribution in [0.25, 0.3) is 22.2 Å². The van der Waals surface area contributed by atoms with Crippen LogP contribution in [-0.4, -0.2) is 42.3 Å². The van der Waals surface area contributed by atoms with Gasteiger partial charge in [0, 0.05) is 40.8 Å². The van der Waals surface area contributed by atoms with Gasteiger partial charge in [0.1, 0.15) is 17.2 Å². The van der Waals surface area contributed by atoms with E-state index in [-0.39, 0.29) is 12.3 Å². The molecule has 1 amide bonds. The Balaban J connectivity index is 1.55. The molecule has 4 aromatic rings. The number of carbonyl (C=O) groups excluding carboxylic acids is 2. The normalized spacial score (nSPS) is 14.3. The molecule has 11 heteroatoms. The van der Waals surface area contributed by atoms with Crippen molar-refractivity contribution in [3.63, 3.8) is 0 Å². The predicted octanol–water partition coefficient (Wildman–Crippen LogP) is 8.24. The summed E-state index contributed by atoms with van der Waals surface area (Å²) < 4.78 is 16.5. The topological polar surface area (TPSA) is 129 Å². The number of anilines is 1. The average Bonchev–Trinajstić information content (AvgIpc) is 3.63. The van der Waals surface area contributed by atoms with E-state index in [0.717, 1.165) is 63.8 Å². The van der Waals surface area contributed by atoms with Crippen LogP contribution in [0, 0.1) is 5.92 Å². The standard InChI is InChI=1S/C36H45ClN4O5S/c1-6-21-15-23(7-2)32-24(16-21)25(18-31(38)46-20(3)42)34(39-32)35(43)41-36-40-33(26-17-29(45-5)27(37)19-28(26)44-4)30(47-36)14-13-22-11-9-8-10-12-22/h15-17,19,22,31,39H,6-14,18,38H2,1-5H3,(H,40,41,43). The molecule has 0 saturated heterocycles. The smallest absolute Gasteiger partial charge is 0.304 e. The first-order chi connectivity index (χ1) is 22.6. The number of thiazole rings is 1. The van der Waals surface area contributed by atoms with Gasteiger partial charge in [0.2, 0.25) is 0 Å². The highest BCUT2D eigenvalue weighted by Crippen LogP contribution is 2.43. The van der Waals surface area contributed by atoms with Gasteiger partial charge in [-0.05, 0) is 60.4 Å². The predicted molar refractivity (Wildman–Crippen MR) is 189 cm³/mol. The number of amides is 1. The maximum Gasteiger partial charge on any atom is 0.304 e. The molecule has 0 aliphatic heterocycles. The van der Waals surface area contributed by atoms with Crippen molar-refractivity contribution in [3.8, 4) is 22.8 Å². The third-order valence-corrected chi connectivity index (χ3v) is 10.4. The summed E-state index contributed by atoms with van der Waals surface area (Å²) in [6.45, 7) is 5.51. The van der Waals surface area contributed by atoms with Crippen LogP contribution in [0.1, 0.15) is 91.4 Å². The fourth-order valence-electron chi connectivity index (χ4n) is 6.63. The second kappa shape index (κ2) is 15.5. The van der Waals surface area contributed by atoms with E-state index < -0.39 is 12.2 Å². The maximum atomic E-state index is 14.1. The summed E-state index contributed by atoms with van der Waals surface area (Å²) in [7, 11) is 3.18. The van der Waals surface area contributed by atoms with E-state index in [1.165, 1.54) is 50.4 Å². The van der Waals surface area contributed by atoms with E-state index in [0.29, 0.717) is 38.8 Å². The van der Waals surface area contributed by atoms with Crippen molar-refractivity contribution in [2.75, 3.05) is 19.5 Å². The molecule has 1 unspecified atom stereocenters. The Hall–Kier alpha value is -3.60. The lowest BCUT2D eigenvalue weighted by molar-refractivity contribution is -0.145. The minimum Gasteiger partial charge on any atom is -0.496 e. The van der Waals surface area contributed by atoms with Crippen LogP contribution >= 0.6 is 22.9 Å². The molecule has 9 nitrogen and oxygen atoms in total. The molecule has 2 aromatic heterocycles. The molecule has 5 rings (SSSR count). The Labute approximate surface area is 285 Å². The zero-order valence-corrected chi connectivity index (χ0v) is 29.5. The molecule has 1 aliphatic carbocycles. The highest BCUT2D eigenvalue weighted by molar-refractivity contribution is 7.16.